The summed E-state index contributed by atoms with van der Waals surface area (Å²) in [5.41, 5.74) is -0.128. The standard InChI is InChI=1S/C11H13ClN2O4/c1-3-6-13(18-2)11(15)8-4-5-9(12)10(7-8)14(16)17/h4-5,7H,3,6H2,1-2H3. The lowest BCUT2D eigenvalue weighted by Gasteiger charge is -2.18. The van der Waals surface area contributed by atoms with Gasteiger partial charge in [0.05, 0.1) is 12.0 Å². The summed E-state index contributed by atoms with van der Waals surface area (Å²) in [4.78, 5) is 27.0. The third kappa shape index (κ3) is 3.18. The summed E-state index contributed by atoms with van der Waals surface area (Å²) in [6.07, 6.45) is 0.718. The topological polar surface area (TPSA) is 72.7 Å². The molecule has 18 heavy (non-hydrogen) atoms. The van der Waals surface area contributed by atoms with E-state index >= 15 is 0 Å². The smallest absolute Gasteiger partial charge is 0.274 e. The quantitative estimate of drug-likeness (QED) is 0.610. The van der Waals surface area contributed by atoms with E-state index in [1.165, 1.54) is 19.2 Å². The van der Waals surface area contributed by atoms with E-state index in [0.29, 0.717) is 6.54 Å². The molecule has 0 radical (unpaired) electrons. The number of rotatable bonds is 5. The van der Waals surface area contributed by atoms with Gasteiger partial charge in [-0.25, -0.2) is 5.06 Å². The molecule has 0 aromatic heterocycles. The number of amides is 1. The summed E-state index contributed by atoms with van der Waals surface area (Å²) in [6.45, 7) is 2.30. The van der Waals surface area contributed by atoms with Gasteiger partial charge in [-0.15, -0.1) is 0 Å². The first-order valence-electron chi connectivity index (χ1n) is 5.31. The molecular formula is C11H13ClN2O4. The van der Waals surface area contributed by atoms with Gasteiger partial charge in [-0.05, 0) is 18.6 Å². The number of nitro groups is 1. The molecule has 0 fully saturated rings. The van der Waals surface area contributed by atoms with Crippen molar-refractivity contribution in [3.63, 3.8) is 0 Å². The first-order chi connectivity index (χ1) is 8.51. The highest BCUT2D eigenvalue weighted by Gasteiger charge is 2.20. The van der Waals surface area contributed by atoms with Crippen LogP contribution in [-0.2, 0) is 4.84 Å². The maximum Gasteiger partial charge on any atom is 0.288 e. The molecule has 0 atom stereocenters. The lowest BCUT2D eigenvalue weighted by Crippen LogP contribution is -2.30. The number of hydrogen-bond acceptors (Lipinski definition) is 4. The monoisotopic (exact) mass is 272 g/mol. The summed E-state index contributed by atoms with van der Waals surface area (Å²) in [7, 11) is 1.37. The fourth-order valence-electron chi connectivity index (χ4n) is 1.41. The zero-order valence-electron chi connectivity index (χ0n) is 10.1. The average molecular weight is 273 g/mol. The van der Waals surface area contributed by atoms with Gasteiger partial charge in [0.1, 0.15) is 5.02 Å². The minimum atomic E-state index is -0.629. The molecule has 0 aliphatic rings. The first kappa shape index (κ1) is 14.4. The molecule has 1 aromatic rings. The molecule has 0 aliphatic heterocycles. The van der Waals surface area contributed by atoms with Gasteiger partial charge in [-0.1, -0.05) is 18.5 Å². The Bertz CT molecular complexity index is 464. The van der Waals surface area contributed by atoms with Gasteiger partial charge in [0.2, 0.25) is 0 Å². The number of benzene rings is 1. The van der Waals surface area contributed by atoms with E-state index in [-0.39, 0.29) is 16.3 Å². The van der Waals surface area contributed by atoms with Crippen molar-refractivity contribution in [1.29, 1.82) is 0 Å². The van der Waals surface area contributed by atoms with E-state index in [9.17, 15) is 14.9 Å². The molecule has 6 nitrogen and oxygen atoms in total. The third-order valence-corrected chi connectivity index (χ3v) is 2.58. The zero-order valence-corrected chi connectivity index (χ0v) is 10.8. The molecule has 0 saturated heterocycles. The van der Waals surface area contributed by atoms with Crippen molar-refractivity contribution >= 4 is 23.2 Å². The van der Waals surface area contributed by atoms with E-state index in [1.54, 1.807) is 0 Å². The Morgan fingerprint density at radius 1 is 1.56 bits per heavy atom. The largest absolute Gasteiger partial charge is 0.288 e. The van der Waals surface area contributed by atoms with Gasteiger partial charge >= 0.3 is 0 Å². The maximum atomic E-state index is 12.0. The Hall–Kier alpha value is -1.66. The molecule has 0 spiro atoms. The first-order valence-corrected chi connectivity index (χ1v) is 5.69. The molecule has 0 unspecified atom stereocenters. The van der Waals surface area contributed by atoms with E-state index in [2.05, 4.69) is 0 Å². The van der Waals surface area contributed by atoms with Crippen molar-refractivity contribution in [3.05, 3.63) is 38.9 Å². The molecule has 0 heterocycles. The van der Waals surface area contributed by atoms with Crippen LogP contribution in [0.25, 0.3) is 0 Å². The predicted octanol–water partition coefficient (Wildman–Crippen LogP) is 2.66. The van der Waals surface area contributed by atoms with Crippen molar-refractivity contribution in [2.24, 2.45) is 0 Å². The zero-order chi connectivity index (χ0) is 13.7. The molecule has 1 amide bonds. The van der Waals surface area contributed by atoms with Crippen LogP contribution in [0.4, 0.5) is 5.69 Å². The average Bonchev–Trinajstić information content (AvgIpc) is 2.35. The Morgan fingerprint density at radius 3 is 2.72 bits per heavy atom. The van der Waals surface area contributed by atoms with Crippen molar-refractivity contribution < 1.29 is 14.6 Å². The van der Waals surface area contributed by atoms with Crippen molar-refractivity contribution in [1.82, 2.24) is 5.06 Å². The van der Waals surface area contributed by atoms with Gasteiger partial charge in [0.15, 0.2) is 0 Å². The maximum absolute atomic E-state index is 12.0. The van der Waals surface area contributed by atoms with Crippen LogP contribution in [0.2, 0.25) is 5.02 Å². The minimum absolute atomic E-state index is 0.00370. The molecule has 0 N–H and O–H groups in total. The van der Waals surface area contributed by atoms with Crippen molar-refractivity contribution in [2.75, 3.05) is 13.7 Å². The Labute approximate surface area is 109 Å². The highest BCUT2D eigenvalue weighted by molar-refractivity contribution is 6.32. The van der Waals surface area contributed by atoms with Gasteiger partial charge < -0.3 is 0 Å². The summed E-state index contributed by atoms with van der Waals surface area (Å²) in [5, 5.41) is 11.9. The number of halogens is 1. The number of nitrogens with zero attached hydrogens (tertiary/aromatic N) is 2. The highest BCUT2D eigenvalue weighted by atomic mass is 35.5. The normalized spacial score (nSPS) is 10.2. The minimum Gasteiger partial charge on any atom is -0.274 e. The summed E-state index contributed by atoms with van der Waals surface area (Å²) >= 11 is 5.67. The Morgan fingerprint density at radius 2 is 2.22 bits per heavy atom. The number of nitro benzene ring substituents is 1. The summed E-state index contributed by atoms with van der Waals surface area (Å²) in [6, 6.07) is 3.90. The van der Waals surface area contributed by atoms with E-state index < -0.39 is 10.8 Å². The lowest BCUT2D eigenvalue weighted by molar-refractivity contribution is -0.384. The number of hydroxylamine groups is 2. The molecule has 1 aromatic carbocycles. The molecule has 0 bridgehead atoms. The number of hydrogen-bond donors (Lipinski definition) is 0. The van der Waals surface area contributed by atoms with Crippen LogP contribution >= 0.6 is 11.6 Å². The van der Waals surface area contributed by atoms with Crippen molar-refractivity contribution in [2.45, 2.75) is 13.3 Å². The van der Waals surface area contributed by atoms with Gasteiger partial charge in [-0.3, -0.25) is 19.7 Å². The third-order valence-electron chi connectivity index (χ3n) is 2.26. The molecule has 0 saturated carbocycles. The number of carbonyl (C=O) groups is 1. The van der Waals surface area contributed by atoms with E-state index in [4.69, 9.17) is 16.4 Å². The Balaban J connectivity index is 3.06. The second-order valence-electron chi connectivity index (χ2n) is 3.51. The van der Waals surface area contributed by atoms with Crippen LogP contribution in [0.1, 0.15) is 23.7 Å². The van der Waals surface area contributed by atoms with Crippen LogP contribution in [-0.4, -0.2) is 29.5 Å². The summed E-state index contributed by atoms with van der Waals surface area (Å²) < 4.78 is 0. The predicted molar refractivity (Wildman–Crippen MR) is 66.4 cm³/mol. The van der Waals surface area contributed by atoms with Crippen LogP contribution in [0.15, 0.2) is 18.2 Å². The molecule has 0 aliphatic carbocycles. The van der Waals surface area contributed by atoms with Crippen molar-refractivity contribution in [3.8, 4) is 0 Å². The van der Waals surface area contributed by atoms with Crippen LogP contribution in [0.3, 0.4) is 0 Å². The van der Waals surface area contributed by atoms with Crippen LogP contribution in [0.5, 0.6) is 0 Å². The molecule has 1 rings (SSSR count). The molecule has 98 valence electrons. The molecule has 7 heteroatoms. The summed E-state index contributed by atoms with van der Waals surface area (Å²) in [5.74, 6) is -0.431. The fraction of sp³-hybridized carbons (Fsp3) is 0.364. The van der Waals surface area contributed by atoms with Crippen LogP contribution in [0, 0.1) is 10.1 Å². The fourth-order valence-corrected chi connectivity index (χ4v) is 1.59. The Kier molecular flexibility index (Phi) is 5.06. The second-order valence-corrected chi connectivity index (χ2v) is 3.92. The van der Waals surface area contributed by atoms with E-state index in [0.717, 1.165) is 17.6 Å². The highest BCUT2D eigenvalue weighted by Crippen LogP contribution is 2.25. The number of carbonyl (C=O) groups excluding carboxylic acids is 1. The van der Waals surface area contributed by atoms with Crippen LogP contribution < -0.4 is 0 Å². The SMILES string of the molecule is CCCN(OC)C(=O)c1ccc(Cl)c([N+](=O)[O-])c1. The van der Waals surface area contributed by atoms with Gasteiger partial charge in [0.25, 0.3) is 11.6 Å². The van der Waals surface area contributed by atoms with E-state index in [1.807, 2.05) is 6.92 Å². The van der Waals surface area contributed by atoms with Gasteiger partial charge in [0, 0.05) is 18.2 Å². The lowest BCUT2D eigenvalue weighted by atomic mass is 10.2. The molecular weight excluding hydrogens is 260 g/mol. The van der Waals surface area contributed by atoms with Gasteiger partial charge in [-0.2, -0.15) is 0 Å². The second kappa shape index (κ2) is 6.32.